The standard InChI is InChI=1S/C27H22ClN3O6S/c1-35-26(34)17-3-7-19(8-4-17)29-24(32)13-21-25(33)31(20-9-5-18(28)6-10-20)27(38)30(21)14-16-2-11-22-23(12-16)37-15-36-22/h2-12,21H,13-15H2,1H3,(H,29,32). The Hall–Kier alpha value is -4.15. The van der Waals surface area contributed by atoms with Crippen molar-refractivity contribution in [3.63, 3.8) is 0 Å². The number of anilines is 2. The molecule has 11 heteroatoms. The van der Waals surface area contributed by atoms with Crippen LogP contribution < -0.4 is 19.7 Å². The van der Waals surface area contributed by atoms with Gasteiger partial charge in [-0.15, -0.1) is 0 Å². The van der Waals surface area contributed by atoms with E-state index in [1.165, 1.54) is 12.0 Å². The monoisotopic (exact) mass is 551 g/mol. The van der Waals surface area contributed by atoms with Gasteiger partial charge in [0.05, 0.1) is 24.8 Å². The molecule has 0 aliphatic carbocycles. The highest BCUT2D eigenvalue weighted by atomic mass is 35.5. The summed E-state index contributed by atoms with van der Waals surface area (Å²) >= 11 is 11.8. The molecule has 5 rings (SSSR count). The Morgan fingerprint density at radius 3 is 2.47 bits per heavy atom. The van der Waals surface area contributed by atoms with E-state index in [1.807, 2.05) is 12.1 Å². The zero-order valence-corrected chi connectivity index (χ0v) is 21.8. The summed E-state index contributed by atoms with van der Waals surface area (Å²) in [4.78, 5) is 41.5. The zero-order chi connectivity index (χ0) is 26.8. The molecule has 0 saturated carbocycles. The van der Waals surface area contributed by atoms with Crippen LogP contribution in [0.4, 0.5) is 11.4 Å². The Labute approximate surface area is 228 Å². The molecular formula is C27H22ClN3O6S. The van der Waals surface area contributed by atoms with Crippen molar-refractivity contribution in [3.8, 4) is 11.5 Å². The van der Waals surface area contributed by atoms with E-state index in [0.29, 0.717) is 33.5 Å². The number of carbonyl (C=O) groups is 3. The van der Waals surface area contributed by atoms with E-state index in [4.69, 9.17) is 38.0 Å². The molecule has 1 N–H and O–H groups in total. The third kappa shape index (κ3) is 5.13. The fraction of sp³-hybridized carbons (Fsp3) is 0.185. The summed E-state index contributed by atoms with van der Waals surface area (Å²) in [6.07, 6.45) is -0.146. The van der Waals surface area contributed by atoms with Gasteiger partial charge in [-0.25, -0.2) is 4.79 Å². The van der Waals surface area contributed by atoms with Gasteiger partial charge in [0.25, 0.3) is 5.91 Å². The summed E-state index contributed by atoms with van der Waals surface area (Å²) in [6, 6.07) is 17.7. The van der Waals surface area contributed by atoms with Gasteiger partial charge in [-0.1, -0.05) is 17.7 Å². The zero-order valence-electron chi connectivity index (χ0n) is 20.2. The molecule has 2 amide bonds. The van der Waals surface area contributed by atoms with E-state index in [2.05, 4.69) is 5.32 Å². The van der Waals surface area contributed by atoms with Crippen molar-refractivity contribution in [2.75, 3.05) is 24.1 Å². The highest BCUT2D eigenvalue weighted by Gasteiger charge is 2.44. The van der Waals surface area contributed by atoms with Crippen LogP contribution in [-0.4, -0.2) is 47.7 Å². The van der Waals surface area contributed by atoms with Gasteiger partial charge in [0.1, 0.15) is 6.04 Å². The minimum absolute atomic E-state index is 0.146. The molecule has 1 atom stereocenters. The molecule has 194 valence electrons. The van der Waals surface area contributed by atoms with Crippen LogP contribution >= 0.6 is 23.8 Å². The van der Waals surface area contributed by atoms with Gasteiger partial charge < -0.3 is 24.4 Å². The number of carbonyl (C=O) groups excluding carboxylic acids is 3. The molecule has 3 aromatic carbocycles. The Balaban J connectivity index is 1.38. The van der Waals surface area contributed by atoms with Crippen LogP contribution in [0.1, 0.15) is 22.3 Å². The summed E-state index contributed by atoms with van der Waals surface area (Å²) in [5.41, 5.74) is 2.23. The molecule has 0 bridgehead atoms. The number of amides is 2. The molecule has 1 saturated heterocycles. The van der Waals surface area contributed by atoms with Crippen molar-refractivity contribution in [2.24, 2.45) is 0 Å². The van der Waals surface area contributed by atoms with Crippen LogP contribution in [0.5, 0.6) is 11.5 Å². The molecule has 2 heterocycles. The molecule has 1 unspecified atom stereocenters. The van der Waals surface area contributed by atoms with Gasteiger partial charge in [-0.05, 0) is 78.4 Å². The lowest BCUT2D eigenvalue weighted by molar-refractivity contribution is -0.124. The normalized spacial score (nSPS) is 16.1. The lowest BCUT2D eigenvalue weighted by Gasteiger charge is -2.24. The molecule has 38 heavy (non-hydrogen) atoms. The van der Waals surface area contributed by atoms with Crippen molar-refractivity contribution in [1.82, 2.24) is 4.90 Å². The SMILES string of the molecule is COC(=O)c1ccc(NC(=O)CC2C(=O)N(c3ccc(Cl)cc3)C(=S)N2Cc2ccc3c(c2)OCO3)cc1. The highest BCUT2D eigenvalue weighted by Crippen LogP contribution is 2.35. The van der Waals surface area contributed by atoms with Crippen LogP contribution in [0.3, 0.4) is 0 Å². The number of nitrogens with one attached hydrogen (secondary N) is 1. The van der Waals surface area contributed by atoms with Crippen LogP contribution in [0.25, 0.3) is 0 Å². The van der Waals surface area contributed by atoms with Gasteiger partial charge in [0, 0.05) is 17.3 Å². The topological polar surface area (TPSA) is 97.4 Å². The summed E-state index contributed by atoms with van der Waals surface area (Å²) in [7, 11) is 1.30. The first kappa shape index (κ1) is 25.5. The number of thiocarbonyl (C=S) groups is 1. The predicted octanol–water partition coefficient (Wildman–Crippen LogP) is 4.39. The number of rotatable bonds is 7. The minimum Gasteiger partial charge on any atom is -0.465 e. The Bertz CT molecular complexity index is 1410. The lowest BCUT2D eigenvalue weighted by Crippen LogP contribution is -2.37. The van der Waals surface area contributed by atoms with Gasteiger partial charge in [-0.2, -0.15) is 0 Å². The first-order valence-electron chi connectivity index (χ1n) is 11.6. The number of ether oxygens (including phenoxy) is 3. The number of hydrogen-bond donors (Lipinski definition) is 1. The average Bonchev–Trinajstić information content (AvgIpc) is 3.47. The fourth-order valence-electron chi connectivity index (χ4n) is 4.27. The highest BCUT2D eigenvalue weighted by molar-refractivity contribution is 7.80. The molecule has 9 nitrogen and oxygen atoms in total. The molecule has 0 spiro atoms. The maximum atomic E-state index is 13.6. The van der Waals surface area contributed by atoms with E-state index < -0.39 is 12.0 Å². The molecule has 2 aliphatic rings. The van der Waals surface area contributed by atoms with Crippen molar-refractivity contribution in [1.29, 1.82) is 0 Å². The minimum atomic E-state index is -0.849. The lowest BCUT2D eigenvalue weighted by atomic mass is 10.1. The van der Waals surface area contributed by atoms with E-state index >= 15 is 0 Å². The molecule has 0 radical (unpaired) electrons. The summed E-state index contributed by atoms with van der Waals surface area (Å²) in [5.74, 6) is 0.0678. The fourth-order valence-corrected chi connectivity index (χ4v) is 4.79. The molecule has 3 aromatic rings. The Kier molecular flexibility index (Phi) is 7.17. The predicted molar refractivity (Wildman–Crippen MR) is 144 cm³/mol. The summed E-state index contributed by atoms with van der Waals surface area (Å²) < 4.78 is 15.6. The van der Waals surface area contributed by atoms with Crippen LogP contribution in [0.15, 0.2) is 66.7 Å². The first-order valence-corrected chi connectivity index (χ1v) is 12.4. The second kappa shape index (κ2) is 10.7. The second-order valence-electron chi connectivity index (χ2n) is 8.59. The summed E-state index contributed by atoms with van der Waals surface area (Å²) in [6.45, 7) is 0.421. The van der Waals surface area contributed by atoms with Crippen LogP contribution in [-0.2, 0) is 20.9 Å². The van der Waals surface area contributed by atoms with Crippen molar-refractivity contribution < 1.29 is 28.6 Å². The van der Waals surface area contributed by atoms with E-state index in [-0.39, 0.29) is 36.7 Å². The number of hydrogen-bond acceptors (Lipinski definition) is 7. The molecular weight excluding hydrogens is 530 g/mol. The summed E-state index contributed by atoms with van der Waals surface area (Å²) in [5, 5.41) is 3.58. The first-order chi connectivity index (χ1) is 18.3. The second-order valence-corrected chi connectivity index (χ2v) is 9.39. The number of halogens is 1. The van der Waals surface area contributed by atoms with Gasteiger partial charge in [-0.3, -0.25) is 14.5 Å². The van der Waals surface area contributed by atoms with Crippen molar-refractivity contribution in [3.05, 3.63) is 82.9 Å². The van der Waals surface area contributed by atoms with Crippen molar-refractivity contribution >= 4 is 58.1 Å². The average molecular weight is 552 g/mol. The molecule has 2 aliphatic heterocycles. The van der Waals surface area contributed by atoms with Gasteiger partial charge >= 0.3 is 5.97 Å². The molecule has 1 fully saturated rings. The number of benzene rings is 3. The number of nitrogens with zero attached hydrogens (tertiary/aromatic N) is 2. The van der Waals surface area contributed by atoms with Gasteiger partial charge in [0.2, 0.25) is 12.7 Å². The number of fused-ring (bicyclic) bond motifs is 1. The number of esters is 1. The molecule has 0 aromatic heterocycles. The third-order valence-electron chi connectivity index (χ3n) is 6.16. The number of methoxy groups -OCH3 is 1. The maximum Gasteiger partial charge on any atom is 0.337 e. The van der Waals surface area contributed by atoms with Crippen molar-refractivity contribution in [2.45, 2.75) is 19.0 Å². The van der Waals surface area contributed by atoms with E-state index in [9.17, 15) is 14.4 Å². The van der Waals surface area contributed by atoms with Crippen LogP contribution in [0.2, 0.25) is 5.02 Å². The largest absolute Gasteiger partial charge is 0.465 e. The van der Waals surface area contributed by atoms with Gasteiger partial charge in [0.15, 0.2) is 16.6 Å². The third-order valence-corrected chi connectivity index (χ3v) is 6.83. The van der Waals surface area contributed by atoms with E-state index in [0.717, 1.165) is 5.56 Å². The Morgan fingerprint density at radius 1 is 1.05 bits per heavy atom. The smallest absolute Gasteiger partial charge is 0.337 e. The maximum absolute atomic E-state index is 13.6. The quantitative estimate of drug-likeness (QED) is 0.341. The Morgan fingerprint density at radius 2 is 1.76 bits per heavy atom. The van der Waals surface area contributed by atoms with E-state index in [1.54, 1.807) is 59.5 Å². The van der Waals surface area contributed by atoms with Crippen LogP contribution in [0, 0.1) is 0 Å².